The standard InChI is InChI=1S/C26H22BrCl2NO3/c1-3-10-30-23-7-5-4-6-19(23)20(26(30)31)11-16-12-21(27)25(24(13-16)32-2)33-15-17-8-9-18(28)14-22(17)29/h4-9,11-14H,3,10,15H2,1-2H3/b20-11-. The number of fused-ring (bicyclic) bond motifs is 1. The van der Waals surface area contributed by atoms with Gasteiger partial charge in [0.05, 0.1) is 17.3 Å². The zero-order valence-corrected chi connectivity index (χ0v) is 21.3. The molecule has 0 saturated carbocycles. The maximum Gasteiger partial charge on any atom is 0.258 e. The van der Waals surface area contributed by atoms with Gasteiger partial charge in [0.2, 0.25) is 0 Å². The molecule has 1 amide bonds. The smallest absolute Gasteiger partial charge is 0.258 e. The molecule has 0 fully saturated rings. The SMILES string of the molecule is CCCN1C(=O)/C(=C\c2cc(Br)c(OCc3ccc(Cl)cc3Cl)c(OC)c2)c2ccccc21. The topological polar surface area (TPSA) is 38.8 Å². The number of amides is 1. The number of methoxy groups -OCH3 is 1. The van der Waals surface area contributed by atoms with Crippen LogP contribution in [0.25, 0.3) is 11.6 Å². The Labute approximate surface area is 211 Å². The van der Waals surface area contributed by atoms with Crippen molar-refractivity contribution in [1.82, 2.24) is 0 Å². The molecule has 170 valence electrons. The molecule has 0 saturated heterocycles. The summed E-state index contributed by atoms with van der Waals surface area (Å²) in [5, 5.41) is 1.11. The summed E-state index contributed by atoms with van der Waals surface area (Å²) in [5.74, 6) is 1.10. The van der Waals surface area contributed by atoms with E-state index >= 15 is 0 Å². The second kappa shape index (κ2) is 10.2. The molecular formula is C26H22BrCl2NO3. The lowest BCUT2D eigenvalue weighted by Crippen LogP contribution is -2.26. The van der Waals surface area contributed by atoms with Gasteiger partial charge in [0.25, 0.3) is 5.91 Å². The van der Waals surface area contributed by atoms with Crippen molar-refractivity contribution < 1.29 is 14.3 Å². The number of carbonyl (C=O) groups is 1. The van der Waals surface area contributed by atoms with Crippen molar-refractivity contribution in [2.45, 2.75) is 20.0 Å². The number of ether oxygens (including phenoxy) is 2. The molecule has 3 aromatic rings. The van der Waals surface area contributed by atoms with E-state index in [2.05, 4.69) is 22.9 Å². The summed E-state index contributed by atoms with van der Waals surface area (Å²) in [7, 11) is 1.58. The van der Waals surface area contributed by atoms with Crippen LogP contribution in [0.5, 0.6) is 11.5 Å². The van der Waals surface area contributed by atoms with Crippen LogP contribution < -0.4 is 14.4 Å². The van der Waals surface area contributed by atoms with Gasteiger partial charge in [-0.15, -0.1) is 0 Å². The monoisotopic (exact) mass is 545 g/mol. The summed E-state index contributed by atoms with van der Waals surface area (Å²) < 4.78 is 12.3. The lowest BCUT2D eigenvalue weighted by Gasteiger charge is -2.15. The molecule has 7 heteroatoms. The highest BCUT2D eigenvalue weighted by Gasteiger charge is 2.31. The molecule has 3 aromatic carbocycles. The predicted octanol–water partition coefficient (Wildman–Crippen LogP) is 7.64. The lowest BCUT2D eigenvalue weighted by molar-refractivity contribution is -0.113. The highest BCUT2D eigenvalue weighted by molar-refractivity contribution is 9.10. The lowest BCUT2D eigenvalue weighted by atomic mass is 10.0. The molecule has 1 aliphatic rings. The predicted molar refractivity (Wildman–Crippen MR) is 138 cm³/mol. The second-order valence-corrected chi connectivity index (χ2v) is 9.29. The molecule has 0 N–H and O–H groups in total. The highest BCUT2D eigenvalue weighted by atomic mass is 79.9. The van der Waals surface area contributed by atoms with Gasteiger partial charge in [0, 0.05) is 33.3 Å². The Morgan fingerprint density at radius 2 is 1.88 bits per heavy atom. The first-order valence-electron chi connectivity index (χ1n) is 10.5. The van der Waals surface area contributed by atoms with E-state index in [-0.39, 0.29) is 12.5 Å². The van der Waals surface area contributed by atoms with Gasteiger partial charge in [-0.3, -0.25) is 4.79 Å². The van der Waals surface area contributed by atoms with Crippen LogP contribution in [0.3, 0.4) is 0 Å². The Kier molecular flexibility index (Phi) is 7.32. The molecule has 0 bridgehead atoms. The maximum atomic E-state index is 13.1. The van der Waals surface area contributed by atoms with Crippen molar-refractivity contribution in [3.05, 3.63) is 85.8 Å². The van der Waals surface area contributed by atoms with Gasteiger partial charge in [0.15, 0.2) is 11.5 Å². The minimum absolute atomic E-state index is 0.00541. The van der Waals surface area contributed by atoms with Crippen molar-refractivity contribution in [2.24, 2.45) is 0 Å². The van der Waals surface area contributed by atoms with E-state index in [0.29, 0.717) is 38.1 Å². The molecule has 4 rings (SSSR count). The van der Waals surface area contributed by atoms with Gasteiger partial charge in [-0.1, -0.05) is 54.4 Å². The normalized spacial score (nSPS) is 14.0. The molecule has 0 unspecified atom stereocenters. The van der Waals surface area contributed by atoms with Crippen molar-refractivity contribution in [3.63, 3.8) is 0 Å². The van der Waals surface area contributed by atoms with Crippen LogP contribution in [0.15, 0.2) is 59.1 Å². The molecule has 0 aliphatic carbocycles. The average Bonchev–Trinajstić information content (AvgIpc) is 3.05. The van der Waals surface area contributed by atoms with Crippen molar-refractivity contribution in [1.29, 1.82) is 0 Å². The van der Waals surface area contributed by atoms with Crippen molar-refractivity contribution in [3.8, 4) is 11.5 Å². The summed E-state index contributed by atoms with van der Waals surface area (Å²) in [6.45, 7) is 3.00. The third kappa shape index (κ3) is 4.91. The van der Waals surface area contributed by atoms with Gasteiger partial charge in [-0.2, -0.15) is 0 Å². The summed E-state index contributed by atoms with van der Waals surface area (Å²) in [6.07, 6.45) is 2.78. The third-order valence-electron chi connectivity index (χ3n) is 5.36. The van der Waals surface area contributed by atoms with Gasteiger partial charge in [-0.05, 0) is 64.3 Å². The molecule has 0 aromatic heterocycles. The molecule has 0 spiro atoms. The van der Waals surface area contributed by atoms with E-state index in [4.69, 9.17) is 32.7 Å². The van der Waals surface area contributed by atoms with Crippen molar-refractivity contribution >= 4 is 62.4 Å². The number of hydrogen-bond acceptors (Lipinski definition) is 3. The molecule has 1 heterocycles. The van der Waals surface area contributed by atoms with E-state index < -0.39 is 0 Å². The fourth-order valence-electron chi connectivity index (χ4n) is 3.81. The number of carbonyl (C=O) groups excluding carboxylic acids is 1. The number of anilines is 1. The minimum atomic E-state index is 0.00541. The molecular weight excluding hydrogens is 525 g/mol. The Balaban J connectivity index is 1.65. The first-order valence-corrected chi connectivity index (χ1v) is 12.0. The Bertz CT molecular complexity index is 1240. The van der Waals surface area contributed by atoms with Crippen LogP contribution in [0.2, 0.25) is 10.0 Å². The number of para-hydroxylation sites is 1. The summed E-state index contributed by atoms with van der Waals surface area (Å²) in [5.41, 5.74) is 4.18. The van der Waals surface area contributed by atoms with E-state index in [1.54, 1.807) is 19.2 Å². The zero-order valence-electron chi connectivity index (χ0n) is 18.2. The average molecular weight is 547 g/mol. The second-order valence-electron chi connectivity index (χ2n) is 7.59. The summed E-state index contributed by atoms with van der Waals surface area (Å²) in [6, 6.07) is 16.9. The van der Waals surface area contributed by atoms with E-state index in [9.17, 15) is 4.79 Å². The fourth-order valence-corrected chi connectivity index (χ4v) is 4.85. The Morgan fingerprint density at radius 1 is 1.09 bits per heavy atom. The van der Waals surface area contributed by atoms with E-state index in [0.717, 1.165) is 28.8 Å². The van der Waals surface area contributed by atoms with Gasteiger partial charge in [0.1, 0.15) is 6.61 Å². The first-order chi connectivity index (χ1) is 15.9. The van der Waals surface area contributed by atoms with Crippen LogP contribution >= 0.6 is 39.1 Å². The maximum absolute atomic E-state index is 13.1. The number of halogens is 3. The first kappa shape index (κ1) is 23.7. The Morgan fingerprint density at radius 3 is 2.61 bits per heavy atom. The van der Waals surface area contributed by atoms with Crippen LogP contribution in [0.1, 0.15) is 30.0 Å². The van der Waals surface area contributed by atoms with Gasteiger partial charge in [-0.25, -0.2) is 0 Å². The molecule has 33 heavy (non-hydrogen) atoms. The quantitative estimate of drug-likeness (QED) is 0.286. The van der Waals surface area contributed by atoms with E-state index in [1.165, 1.54) is 0 Å². The van der Waals surface area contributed by atoms with Crippen LogP contribution in [0, 0.1) is 0 Å². The van der Waals surface area contributed by atoms with Gasteiger partial charge < -0.3 is 14.4 Å². The Hall–Kier alpha value is -2.47. The highest BCUT2D eigenvalue weighted by Crippen LogP contribution is 2.41. The number of nitrogens with zero attached hydrogens (tertiary/aromatic N) is 1. The van der Waals surface area contributed by atoms with E-state index in [1.807, 2.05) is 53.4 Å². The summed E-state index contributed by atoms with van der Waals surface area (Å²) in [4.78, 5) is 15.0. The molecule has 0 radical (unpaired) electrons. The number of benzene rings is 3. The van der Waals surface area contributed by atoms with Crippen LogP contribution in [-0.2, 0) is 11.4 Å². The molecule has 1 aliphatic heterocycles. The molecule has 0 atom stereocenters. The minimum Gasteiger partial charge on any atom is -0.493 e. The zero-order chi connectivity index (χ0) is 23.5. The third-order valence-corrected chi connectivity index (χ3v) is 6.53. The number of hydrogen-bond donors (Lipinski definition) is 0. The largest absolute Gasteiger partial charge is 0.493 e. The molecule has 4 nitrogen and oxygen atoms in total. The fraction of sp³-hybridized carbons (Fsp3) is 0.192. The van der Waals surface area contributed by atoms with Crippen molar-refractivity contribution in [2.75, 3.05) is 18.6 Å². The summed E-state index contributed by atoms with van der Waals surface area (Å²) >= 11 is 15.8. The van der Waals surface area contributed by atoms with Crippen LogP contribution in [0.4, 0.5) is 5.69 Å². The van der Waals surface area contributed by atoms with Gasteiger partial charge >= 0.3 is 0 Å². The number of rotatable bonds is 7. The van der Waals surface area contributed by atoms with Crippen LogP contribution in [-0.4, -0.2) is 19.6 Å².